The number of nitrogen functional groups attached to an aromatic ring is 1. The molecule has 20 heavy (non-hydrogen) atoms. The first-order valence-corrected chi connectivity index (χ1v) is 6.92. The quantitative estimate of drug-likeness (QED) is 0.572. The highest BCUT2D eigenvalue weighted by Crippen LogP contribution is 2.31. The topological polar surface area (TPSA) is 73.1 Å². The third-order valence-corrected chi connectivity index (χ3v) is 3.92. The van der Waals surface area contributed by atoms with Gasteiger partial charge in [-0.25, -0.2) is 15.8 Å². The number of rotatable bonds is 3. The van der Waals surface area contributed by atoms with Crippen molar-refractivity contribution in [1.82, 2.24) is 9.97 Å². The Labute approximate surface area is 120 Å². The highest BCUT2D eigenvalue weighted by Gasteiger charge is 2.11. The van der Waals surface area contributed by atoms with Crippen molar-refractivity contribution in [2.24, 2.45) is 5.84 Å². The highest BCUT2D eigenvalue weighted by molar-refractivity contribution is 7.18. The number of aryl methyl sites for hydroxylation is 1. The Balaban J connectivity index is 2.20. The van der Waals surface area contributed by atoms with E-state index in [4.69, 9.17) is 10.6 Å². The van der Waals surface area contributed by atoms with Crippen LogP contribution in [0.1, 0.15) is 4.88 Å². The van der Waals surface area contributed by atoms with Crippen LogP contribution in [0.2, 0.25) is 0 Å². The second-order valence-electron chi connectivity index (χ2n) is 4.35. The minimum absolute atomic E-state index is 0.631. The number of methoxy groups -OCH3 is 1. The van der Waals surface area contributed by atoms with Crippen LogP contribution in [-0.2, 0) is 0 Å². The molecule has 2 aromatic heterocycles. The summed E-state index contributed by atoms with van der Waals surface area (Å²) in [4.78, 5) is 11.2. The lowest BCUT2D eigenvalue weighted by Gasteiger charge is -2.06. The number of thiophene rings is 1. The van der Waals surface area contributed by atoms with Gasteiger partial charge in [0.25, 0.3) is 0 Å². The lowest BCUT2D eigenvalue weighted by molar-refractivity contribution is 0.415. The van der Waals surface area contributed by atoms with Crippen molar-refractivity contribution in [3.05, 3.63) is 35.2 Å². The number of nitrogens with one attached hydrogen (secondary N) is 1. The van der Waals surface area contributed by atoms with Crippen molar-refractivity contribution in [3.8, 4) is 17.1 Å². The lowest BCUT2D eigenvalue weighted by atomic mass is 10.2. The van der Waals surface area contributed by atoms with E-state index in [2.05, 4.69) is 15.4 Å². The number of nitrogens with two attached hydrogens (primary N) is 1. The van der Waals surface area contributed by atoms with Gasteiger partial charge in [0, 0.05) is 10.4 Å². The Hall–Kier alpha value is -2.18. The molecule has 3 rings (SSSR count). The molecule has 5 nitrogen and oxygen atoms in total. The molecule has 0 amide bonds. The van der Waals surface area contributed by atoms with Gasteiger partial charge in [0.2, 0.25) is 0 Å². The molecule has 1 aromatic carbocycles. The summed E-state index contributed by atoms with van der Waals surface area (Å²) in [6, 6.07) is 9.69. The van der Waals surface area contributed by atoms with Crippen molar-refractivity contribution >= 4 is 27.4 Å². The van der Waals surface area contributed by atoms with Gasteiger partial charge in [0.05, 0.1) is 12.5 Å². The largest absolute Gasteiger partial charge is 0.497 e. The monoisotopic (exact) mass is 286 g/mol. The van der Waals surface area contributed by atoms with Gasteiger partial charge in [-0.2, -0.15) is 0 Å². The number of benzene rings is 1. The first-order valence-electron chi connectivity index (χ1n) is 6.10. The third-order valence-electron chi connectivity index (χ3n) is 2.98. The van der Waals surface area contributed by atoms with Crippen LogP contribution in [0, 0.1) is 6.92 Å². The van der Waals surface area contributed by atoms with Gasteiger partial charge in [0.15, 0.2) is 11.6 Å². The summed E-state index contributed by atoms with van der Waals surface area (Å²) in [5.74, 6) is 7.61. The van der Waals surface area contributed by atoms with Crippen molar-refractivity contribution in [3.63, 3.8) is 0 Å². The van der Waals surface area contributed by atoms with Crippen LogP contribution < -0.4 is 16.0 Å². The van der Waals surface area contributed by atoms with Gasteiger partial charge in [-0.3, -0.25) is 0 Å². The van der Waals surface area contributed by atoms with Crippen LogP contribution >= 0.6 is 11.3 Å². The molecule has 102 valence electrons. The molecule has 0 saturated carbocycles. The molecule has 0 unspecified atom stereocenters. The maximum Gasteiger partial charge on any atom is 0.163 e. The molecule has 6 heteroatoms. The van der Waals surface area contributed by atoms with E-state index in [-0.39, 0.29) is 0 Å². The summed E-state index contributed by atoms with van der Waals surface area (Å²) < 4.78 is 5.23. The number of nitrogens with zero attached hydrogens (tertiary/aromatic N) is 2. The van der Waals surface area contributed by atoms with Crippen molar-refractivity contribution in [1.29, 1.82) is 0 Å². The van der Waals surface area contributed by atoms with Crippen LogP contribution in [0.15, 0.2) is 30.3 Å². The zero-order valence-corrected chi connectivity index (χ0v) is 12.0. The van der Waals surface area contributed by atoms with Crippen LogP contribution in [-0.4, -0.2) is 17.1 Å². The molecule has 0 bridgehead atoms. The number of ether oxygens (including phenoxy) is 1. The number of aromatic nitrogens is 2. The fraction of sp³-hybridized carbons (Fsp3) is 0.143. The average molecular weight is 286 g/mol. The Kier molecular flexibility index (Phi) is 3.25. The maximum atomic E-state index is 5.57. The average Bonchev–Trinajstić information content (AvgIpc) is 2.86. The summed E-state index contributed by atoms with van der Waals surface area (Å²) in [6.07, 6.45) is 0. The van der Waals surface area contributed by atoms with E-state index in [1.54, 1.807) is 18.4 Å². The molecule has 0 radical (unpaired) electrons. The smallest absolute Gasteiger partial charge is 0.163 e. The fourth-order valence-corrected chi connectivity index (χ4v) is 2.92. The molecular weight excluding hydrogens is 272 g/mol. The van der Waals surface area contributed by atoms with Gasteiger partial charge in [-0.05, 0) is 25.1 Å². The summed E-state index contributed by atoms with van der Waals surface area (Å²) >= 11 is 1.62. The second kappa shape index (κ2) is 5.07. The van der Waals surface area contributed by atoms with Crippen LogP contribution in [0.3, 0.4) is 0 Å². The van der Waals surface area contributed by atoms with Gasteiger partial charge >= 0.3 is 0 Å². The number of hydrazine groups is 1. The van der Waals surface area contributed by atoms with E-state index in [1.807, 2.05) is 37.3 Å². The molecule has 0 saturated heterocycles. The molecule has 0 aliphatic rings. The molecule has 0 spiro atoms. The number of hydrogen-bond acceptors (Lipinski definition) is 6. The minimum Gasteiger partial charge on any atom is -0.497 e. The van der Waals surface area contributed by atoms with Crippen LogP contribution in [0.25, 0.3) is 21.6 Å². The van der Waals surface area contributed by atoms with Crippen LogP contribution in [0.5, 0.6) is 5.75 Å². The number of hydrogen-bond donors (Lipinski definition) is 2. The maximum absolute atomic E-state index is 5.57. The second-order valence-corrected chi connectivity index (χ2v) is 5.58. The normalized spacial score (nSPS) is 10.8. The predicted octanol–water partition coefficient (Wildman–Crippen LogP) is 2.96. The fourth-order valence-electron chi connectivity index (χ4n) is 2.04. The highest BCUT2D eigenvalue weighted by atomic mass is 32.1. The summed E-state index contributed by atoms with van der Waals surface area (Å²) in [6.45, 7) is 2.04. The molecule has 3 aromatic rings. The third kappa shape index (κ3) is 2.19. The van der Waals surface area contributed by atoms with E-state index >= 15 is 0 Å². The first-order chi connectivity index (χ1) is 9.71. The summed E-state index contributed by atoms with van der Waals surface area (Å²) in [5, 5.41) is 0.946. The molecule has 0 fully saturated rings. The predicted molar refractivity (Wildman–Crippen MR) is 82.0 cm³/mol. The van der Waals surface area contributed by atoms with Gasteiger partial charge < -0.3 is 10.2 Å². The summed E-state index contributed by atoms with van der Waals surface area (Å²) in [7, 11) is 1.64. The Morgan fingerprint density at radius 1 is 1.25 bits per heavy atom. The Morgan fingerprint density at radius 3 is 2.85 bits per heavy atom. The van der Waals surface area contributed by atoms with E-state index in [0.717, 1.165) is 21.5 Å². The van der Waals surface area contributed by atoms with E-state index in [0.29, 0.717) is 11.6 Å². The zero-order valence-electron chi connectivity index (χ0n) is 11.2. The van der Waals surface area contributed by atoms with E-state index in [9.17, 15) is 0 Å². The Morgan fingerprint density at radius 2 is 2.10 bits per heavy atom. The molecule has 2 heterocycles. The van der Waals surface area contributed by atoms with Gasteiger partial charge in [-0.1, -0.05) is 12.1 Å². The van der Waals surface area contributed by atoms with Crippen molar-refractivity contribution < 1.29 is 4.74 Å². The number of anilines is 1. The lowest BCUT2D eigenvalue weighted by Crippen LogP contribution is -2.09. The molecule has 0 atom stereocenters. The first kappa shape index (κ1) is 12.8. The summed E-state index contributed by atoms with van der Waals surface area (Å²) in [5.41, 5.74) is 3.54. The van der Waals surface area contributed by atoms with Crippen molar-refractivity contribution in [2.75, 3.05) is 12.5 Å². The van der Waals surface area contributed by atoms with E-state index < -0.39 is 0 Å². The standard InChI is InChI=1S/C14H14N4OS/c1-8-6-11-13(18-15)16-12(17-14(11)20-8)9-4-3-5-10(7-9)19-2/h3-7H,15H2,1-2H3,(H,16,17,18). The molecule has 0 aliphatic heterocycles. The zero-order chi connectivity index (χ0) is 14.1. The molecule has 0 aliphatic carbocycles. The Bertz CT molecular complexity index is 769. The minimum atomic E-state index is 0.631. The number of fused-ring (bicyclic) bond motifs is 1. The van der Waals surface area contributed by atoms with Crippen LogP contribution in [0.4, 0.5) is 5.82 Å². The molecule has 3 N–H and O–H groups in total. The molecular formula is C14H14N4OS. The van der Waals surface area contributed by atoms with Crippen molar-refractivity contribution in [2.45, 2.75) is 6.92 Å². The van der Waals surface area contributed by atoms with Gasteiger partial charge in [-0.15, -0.1) is 11.3 Å². The SMILES string of the molecule is COc1cccc(-c2nc(NN)c3cc(C)sc3n2)c1. The van der Waals surface area contributed by atoms with Gasteiger partial charge in [0.1, 0.15) is 10.6 Å². The van der Waals surface area contributed by atoms with E-state index in [1.165, 1.54) is 4.88 Å².